The van der Waals surface area contributed by atoms with Crippen LogP contribution in [0.2, 0.25) is 0 Å². The molecule has 5 nitrogen and oxygen atoms in total. The molecule has 120 valence electrons. The summed E-state index contributed by atoms with van der Waals surface area (Å²) < 4.78 is 1.78. The first kappa shape index (κ1) is 15.8. The summed E-state index contributed by atoms with van der Waals surface area (Å²) in [6, 6.07) is 9.67. The van der Waals surface area contributed by atoms with E-state index in [1.807, 2.05) is 48.9 Å². The Bertz CT molecular complexity index is 713. The molecule has 0 unspecified atom stereocenters. The van der Waals surface area contributed by atoms with E-state index in [9.17, 15) is 4.79 Å². The quantitative estimate of drug-likeness (QED) is 0.715. The molecular formula is C16H18N4OS2. The minimum absolute atomic E-state index is 0.134. The Kier molecular flexibility index (Phi) is 4.78. The molecule has 3 aromatic rings. The van der Waals surface area contributed by atoms with Crippen LogP contribution in [-0.4, -0.2) is 15.8 Å². The number of urea groups is 1. The molecule has 3 aromatic heterocycles. The van der Waals surface area contributed by atoms with Gasteiger partial charge in [-0.05, 0) is 36.7 Å². The van der Waals surface area contributed by atoms with E-state index in [0.717, 1.165) is 9.75 Å². The average molecular weight is 346 g/mol. The third-order valence-corrected chi connectivity index (χ3v) is 5.21. The fourth-order valence-corrected chi connectivity index (χ4v) is 3.96. The predicted molar refractivity (Wildman–Crippen MR) is 95.2 cm³/mol. The normalized spacial score (nSPS) is 11.1. The highest BCUT2D eigenvalue weighted by Gasteiger charge is 2.19. The maximum Gasteiger partial charge on any atom is 0.321 e. The zero-order chi connectivity index (χ0) is 16.2. The summed E-state index contributed by atoms with van der Waals surface area (Å²) in [5, 5.41) is 14.2. The van der Waals surface area contributed by atoms with Crippen LogP contribution in [-0.2, 0) is 0 Å². The summed E-state index contributed by atoms with van der Waals surface area (Å²) in [6.45, 7) is 4.05. The third kappa shape index (κ3) is 3.62. The molecule has 0 saturated heterocycles. The van der Waals surface area contributed by atoms with Gasteiger partial charge in [0, 0.05) is 21.9 Å². The third-order valence-electron chi connectivity index (χ3n) is 3.33. The summed E-state index contributed by atoms with van der Waals surface area (Å²) in [7, 11) is 0. The highest BCUT2D eigenvalue weighted by atomic mass is 32.1. The molecule has 0 aliphatic heterocycles. The number of hydrogen-bond donors (Lipinski definition) is 2. The van der Waals surface area contributed by atoms with Gasteiger partial charge in [-0.25, -0.2) is 9.48 Å². The number of thiophene rings is 2. The van der Waals surface area contributed by atoms with Crippen molar-refractivity contribution >= 4 is 34.5 Å². The van der Waals surface area contributed by atoms with Crippen molar-refractivity contribution in [2.75, 3.05) is 5.32 Å². The molecular weight excluding hydrogens is 328 g/mol. The van der Waals surface area contributed by atoms with Crippen molar-refractivity contribution in [2.24, 2.45) is 0 Å². The topological polar surface area (TPSA) is 59.0 Å². The van der Waals surface area contributed by atoms with Gasteiger partial charge in [-0.3, -0.25) is 5.32 Å². The SMILES string of the molecule is CC(C)n1nccc1NC(=O)NC(c1cccs1)c1cccs1. The zero-order valence-corrected chi connectivity index (χ0v) is 14.5. The van der Waals surface area contributed by atoms with Gasteiger partial charge in [0.05, 0.1) is 12.2 Å². The van der Waals surface area contributed by atoms with Gasteiger partial charge < -0.3 is 5.32 Å². The van der Waals surface area contributed by atoms with Crippen LogP contribution in [0.25, 0.3) is 0 Å². The first-order valence-corrected chi connectivity index (χ1v) is 9.09. The Hall–Kier alpha value is -2.12. The summed E-state index contributed by atoms with van der Waals surface area (Å²) in [5.41, 5.74) is 0. The number of hydrogen-bond acceptors (Lipinski definition) is 4. The molecule has 0 aliphatic carbocycles. The second kappa shape index (κ2) is 6.97. The lowest BCUT2D eigenvalue weighted by Gasteiger charge is -2.18. The van der Waals surface area contributed by atoms with Crippen LogP contribution >= 0.6 is 22.7 Å². The van der Waals surface area contributed by atoms with Gasteiger partial charge in [-0.2, -0.15) is 5.10 Å². The molecule has 0 aromatic carbocycles. The lowest BCUT2D eigenvalue weighted by molar-refractivity contribution is 0.250. The second-order valence-corrected chi connectivity index (χ2v) is 7.28. The van der Waals surface area contributed by atoms with Gasteiger partial charge in [0.15, 0.2) is 0 Å². The molecule has 0 atom stereocenters. The van der Waals surface area contributed by atoms with E-state index in [1.165, 1.54) is 0 Å². The number of amides is 2. The molecule has 0 bridgehead atoms. The van der Waals surface area contributed by atoms with Crippen molar-refractivity contribution < 1.29 is 4.79 Å². The number of nitrogens with zero attached hydrogens (tertiary/aromatic N) is 2. The van der Waals surface area contributed by atoms with Crippen molar-refractivity contribution in [1.29, 1.82) is 0 Å². The largest absolute Gasteiger partial charge is 0.325 e. The molecule has 2 amide bonds. The molecule has 0 radical (unpaired) electrons. The summed E-state index contributed by atoms with van der Waals surface area (Å²) in [5.74, 6) is 0.689. The molecule has 23 heavy (non-hydrogen) atoms. The lowest BCUT2D eigenvalue weighted by Crippen LogP contribution is -2.33. The summed E-state index contributed by atoms with van der Waals surface area (Å²) >= 11 is 3.27. The number of nitrogens with one attached hydrogen (secondary N) is 2. The average Bonchev–Trinajstić information content (AvgIpc) is 3.26. The summed E-state index contributed by atoms with van der Waals surface area (Å²) in [6.07, 6.45) is 1.69. The Morgan fingerprint density at radius 2 is 1.78 bits per heavy atom. The van der Waals surface area contributed by atoms with Gasteiger partial charge in [-0.1, -0.05) is 12.1 Å². The van der Waals surface area contributed by atoms with Crippen LogP contribution in [0.15, 0.2) is 47.3 Å². The highest BCUT2D eigenvalue weighted by Crippen LogP contribution is 2.29. The number of anilines is 1. The minimum atomic E-state index is -0.237. The number of rotatable bonds is 5. The van der Waals surface area contributed by atoms with E-state index in [1.54, 1.807) is 39.6 Å². The number of carbonyl (C=O) groups is 1. The van der Waals surface area contributed by atoms with Crippen molar-refractivity contribution in [3.8, 4) is 0 Å². The smallest absolute Gasteiger partial charge is 0.321 e. The van der Waals surface area contributed by atoms with Crippen molar-refractivity contribution in [3.63, 3.8) is 0 Å². The van der Waals surface area contributed by atoms with Crippen LogP contribution in [0.3, 0.4) is 0 Å². The van der Waals surface area contributed by atoms with Gasteiger partial charge >= 0.3 is 6.03 Å². The van der Waals surface area contributed by atoms with Crippen LogP contribution in [0, 0.1) is 0 Å². The van der Waals surface area contributed by atoms with E-state index in [2.05, 4.69) is 15.7 Å². The first-order valence-electron chi connectivity index (χ1n) is 7.33. The van der Waals surface area contributed by atoms with Crippen LogP contribution in [0.5, 0.6) is 0 Å². The number of aromatic nitrogens is 2. The summed E-state index contributed by atoms with van der Waals surface area (Å²) in [4.78, 5) is 14.7. The highest BCUT2D eigenvalue weighted by molar-refractivity contribution is 7.11. The van der Waals surface area contributed by atoms with Gasteiger partial charge in [0.2, 0.25) is 0 Å². The maximum absolute atomic E-state index is 12.4. The van der Waals surface area contributed by atoms with Crippen LogP contribution < -0.4 is 10.6 Å². The van der Waals surface area contributed by atoms with E-state index in [0.29, 0.717) is 5.82 Å². The van der Waals surface area contributed by atoms with E-state index < -0.39 is 0 Å². The van der Waals surface area contributed by atoms with Gasteiger partial charge in [-0.15, -0.1) is 22.7 Å². The van der Waals surface area contributed by atoms with E-state index in [-0.39, 0.29) is 18.1 Å². The van der Waals surface area contributed by atoms with Gasteiger partial charge in [0.1, 0.15) is 5.82 Å². The molecule has 0 fully saturated rings. The fraction of sp³-hybridized carbons (Fsp3) is 0.250. The molecule has 7 heteroatoms. The van der Waals surface area contributed by atoms with Crippen LogP contribution in [0.4, 0.5) is 10.6 Å². The molecule has 2 N–H and O–H groups in total. The van der Waals surface area contributed by atoms with Crippen LogP contribution in [0.1, 0.15) is 35.7 Å². The number of carbonyl (C=O) groups excluding carboxylic acids is 1. The Balaban J connectivity index is 1.75. The Labute approximate surface area is 143 Å². The molecule has 3 rings (SSSR count). The predicted octanol–water partition coefficient (Wildman–Crippen LogP) is 4.50. The molecule has 0 aliphatic rings. The molecule has 3 heterocycles. The fourth-order valence-electron chi connectivity index (χ4n) is 2.30. The zero-order valence-electron chi connectivity index (χ0n) is 12.9. The van der Waals surface area contributed by atoms with Crippen molar-refractivity contribution in [2.45, 2.75) is 25.9 Å². The Morgan fingerprint density at radius 1 is 1.13 bits per heavy atom. The second-order valence-electron chi connectivity index (χ2n) is 5.32. The monoisotopic (exact) mass is 346 g/mol. The minimum Gasteiger partial charge on any atom is -0.325 e. The van der Waals surface area contributed by atoms with E-state index >= 15 is 0 Å². The maximum atomic E-state index is 12.4. The van der Waals surface area contributed by atoms with Crippen molar-refractivity contribution in [1.82, 2.24) is 15.1 Å². The molecule has 0 saturated carbocycles. The standard InChI is InChI=1S/C16H18N4OS2/c1-11(2)20-14(7-8-17-20)18-16(21)19-15(12-5-3-9-22-12)13-6-4-10-23-13/h3-11,15H,1-2H3,(H2,18,19,21). The first-order chi connectivity index (χ1) is 11.1. The van der Waals surface area contributed by atoms with E-state index in [4.69, 9.17) is 0 Å². The van der Waals surface area contributed by atoms with Crippen molar-refractivity contribution in [3.05, 3.63) is 57.0 Å². The lowest BCUT2D eigenvalue weighted by atomic mass is 10.2. The molecule has 0 spiro atoms. The van der Waals surface area contributed by atoms with Gasteiger partial charge in [0.25, 0.3) is 0 Å². The Morgan fingerprint density at radius 3 is 2.30 bits per heavy atom.